The largest absolute Gasteiger partial charge is 0.369 e. The maximum absolute atomic E-state index is 11.2. The first kappa shape index (κ1) is 18.4. The van der Waals surface area contributed by atoms with E-state index in [1.165, 1.54) is 22.2 Å². The molecular formula is C21H24N6OS. The number of hydrogen-bond acceptors (Lipinski definition) is 7. The van der Waals surface area contributed by atoms with Gasteiger partial charge in [-0.05, 0) is 49.8 Å². The second kappa shape index (κ2) is 7.68. The number of primary amides is 1. The molecule has 0 bridgehead atoms. The van der Waals surface area contributed by atoms with E-state index in [-0.39, 0.29) is 5.91 Å². The molecule has 150 valence electrons. The van der Waals surface area contributed by atoms with Crippen molar-refractivity contribution in [1.29, 1.82) is 0 Å². The van der Waals surface area contributed by atoms with Gasteiger partial charge in [0.25, 0.3) is 0 Å². The highest BCUT2D eigenvalue weighted by Gasteiger charge is 2.25. The van der Waals surface area contributed by atoms with Crippen molar-refractivity contribution in [3.8, 4) is 11.4 Å². The number of nitrogens with one attached hydrogen (secondary N) is 1. The molecule has 1 aliphatic carbocycles. The highest BCUT2D eigenvalue weighted by atomic mass is 32.1. The molecule has 2 aliphatic rings. The number of rotatable bonds is 5. The molecule has 1 amide bonds. The Morgan fingerprint density at radius 3 is 2.90 bits per heavy atom. The highest BCUT2D eigenvalue weighted by molar-refractivity contribution is 7.19. The number of piperidine rings is 1. The van der Waals surface area contributed by atoms with Crippen molar-refractivity contribution >= 4 is 33.3 Å². The van der Waals surface area contributed by atoms with Crippen molar-refractivity contribution in [3.05, 3.63) is 35.0 Å². The fourth-order valence-corrected chi connectivity index (χ4v) is 5.63. The van der Waals surface area contributed by atoms with Gasteiger partial charge in [0.2, 0.25) is 5.91 Å². The number of amides is 1. The molecule has 0 aromatic carbocycles. The van der Waals surface area contributed by atoms with Gasteiger partial charge in [0, 0.05) is 42.0 Å². The normalized spacial score (nSPS) is 17.5. The van der Waals surface area contributed by atoms with E-state index >= 15 is 0 Å². The Bertz CT molecular complexity index is 1040. The summed E-state index contributed by atoms with van der Waals surface area (Å²) in [7, 11) is 0. The van der Waals surface area contributed by atoms with Crippen LogP contribution >= 0.6 is 11.3 Å². The molecule has 0 spiro atoms. The van der Waals surface area contributed by atoms with Crippen molar-refractivity contribution in [2.75, 3.05) is 25.0 Å². The van der Waals surface area contributed by atoms with Gasteiger partial charge in [-0.2, -0.15) is 0 Å². The van der Waals surface area contributed by atoms with E-state index in [1.807, 2.05) is 29.7 Å². The molecular weight excluding hydrogens is 384 g/mol. The van der Waals surface area contributed by atoms with E-state index in [9.17, 15) is 4.79 Å². The van der Waals surface area contributed by atoms with Crippen LogP contribution in [0.1, 0.15) is 29.7 Å². The van der Waals surface area contributed by atoms with Gasteiger partial charge >= 0.3 is 0 Å². The third-order valence-electron chi connectivity index (χ3n) is 5.79. The first-order valence-corrected chi connectivity index (χ1v) is 11.0. The molecule has 7 nitrogen and oxygen atoms in total. The van der Waals surface area contributed by atoms with Crippen LogP contribution in [0.15, 0.2) is 24.5 Å². The van der Waals surface area contributed by atoms with Crippen LogP contribution in [0.2, 0.25) is 0 Å². The predicted molar refractivity (Wildman–Crippen MR) is 115 cm³/mol. The Kier molecular flexibility index (Phi) is 4.89. The number of nitrogens with zero attached hydrogens (tertiary/aromatic N) is 4. The van der Waals surface area contributed by atoms with E-state index in [0.29, 0.717) is 12.6 Å². The molecule has 0 atom stereocenters. The van der Waals surface area contributed by atoms with Crippen molar-refractivity contribution in [3.63, 3.8) is 0 Å². The monoisotopic (exact) mass is 408 g/mol. The highest BCUT2D eigenvalue weighted by Crippen LogP contribution is 2.40. The number of pyridine rings is 1. The summed E-state index contributed by atoms with van der Waals surface area (Å²) in [5, 5.41) is 4.92. The van der Waals surface area contributed by atoms with E-state index in [1.54, 1.807) is 6.20 Å². The zero-order valence-electron chi connectivity index (χ0n) is 16.2. The quantitative estimate of drug-likeness (QED) is 0.674. The number of fused-ring (bicyclic) bond motifs is 3. The Balaban J connectivity index is 1.46. The van der Waals surface area contributed by atoms with Crippen LogP contribution in [0.3, 0.4) is 0 Å². The average molecular weight is 409 g/mol. The number of carbonyl (C=O) groups is 1. The number of thiophene rings is 1. The van der Waals surface area contributed by atoms with Crippen LogP contribution in [0.25, 0.3) is 21.6 Å². The second-order valence-corrected chi connectivity index (χ2v) is 8.92. The molecule has 5 rings (SSSR count). The van der Waals surface area contributed by atoms with Crippen LogP contribution in [-0.2, 0) is 17.6 Å². The number of anilines is 1. The van der Waals surface area contributed by atoms with Gasteiger partial charge in [-0.15, -0.1) is 11.3 Å². The Hall–Kier alpha value is -2.58. The summed E-state index contributed by atoms with van der Waals surface area (Å²) in [6, 6.07) is 4.25. The minimum atomic E-state index is -0.260. The summed E-state index contributed by atoms with van der Waals surface area (Å²) in [5.74, 6) is 1.41. The SMILES string of the molecule is NC(=O)CN1CCC(Nc2nc(-c3cccnc3)nc3sc4c(c23)CCC4)CC1. The molecule has 4 heterocycles. The van der Waals surface area contributed by atoms with Crippen LogP contribution in [-0.4, -0.2) is 51.4 Å². The van der Waals surface area contributed by atoms with E-state index in [0.717, 1.165) is 60.8 Å². The van der Waals surface area contributed by atoms with Crippen LogP contribution in [0, 0.1) is 0 Å². The Morgan fingerprint density at radius 2 is 2.14 bits per heavy atom. The minimum Gasteiger partial charge on any atom is -0.369 e. The van der Waals surface area contributed by atoms with Crippen molar-refractivity contribution < 1.29 is 4.79 Å². The molecule has 0 unspecified atom stereocenters. The van der Waals surface area contributed by atoms with E-state index in [2.05, 4.69) is 15.2 Å². The third-order valence-corrected chi connectivity index (χ3v) is 6.98. The number of carbonyl (C=O) groups excluding carboxylic acids is 1. The molecule has 0 radical (unpaired) electrons. The lowest BCUT2D eigenvalue weighted by atomic mass is 10.0. The summed E-state index contributed by atoms with van der Waals surface area (Å²) in [5.41, 5.74) is 7.70. The van der Waals surface area contributed by atoms with Gasteiger partial charge in [-0.1, -0.05) is 0 Å². The fraction of sp³-hybridized carbons (Fsp3) is 0.429. The molecule has 8 heteroatoms. The first-order chi connectivity index (χ1) is 14.2. The van der Waals surface area contributed by atoms with Crippen LogP contribution in [0.5, 0.6) is 0 Å². The zero-order valence-corrected chi connectivity index (χ0v) is 17.0. The van der Waals surface area contributed by atoms with Gasteiger partial charge in [0.05, 0.1) is 11.9 Å². The van der Waals surface area contributed by atoms with Crippen molar-refractivity contribution in [1.82, 2.24) is 19.9 Å². The van der Waals surface area contributed by atoms with Crippen LogP contribution in [0.4, 0.5) is 5.82 Å². The summed E-state index contributed by atoms with van der Waals surface area (Å²) >= 11 is 1.81. The van der Waals surface area contributed by atoms with Gasteiger partial charge < -0.3 is 11.1 Å². The van der Waals surface area contributed by atoms with Gasteiger partial charge in [0.15, 0.2) is 5.82 Å². The number of hydrogen-bond donors (Lipinski definition) is 2. The standard InChI is InChI=1S/C21H24N6OS/c22-17(28)12-27-9-6-14(7-10-27)24-20-18-15-4-1-5-16(15)29-21(18)26-19(25-20)13-3-2-8-23-11-13/h2-3,8,11,14H,1,4-7,9-10,12H2,(H2,22,28)(H,24,25,26). The lowest BCUT2D eigenvalue weighted by molar-refractivity contribution is -0.119. The maximum atomic E-state index is 11.2. The molecule has 0 saturated carbocycles. The van der Waals surface area contributed by atoms with Gasteiger partial charge in [0.1, 0.15) is 10.6 Å². The van der Waals surface area contributed by atoms with Crippen molar-refractivity contribution in [2.45, 2.75) is 38.1 Å². The summed E-state index contributed by atoms with van der Waals surface area (Å²) in [4.78, 5) is 29.9. The molecule has 29 heavy (non-hydrogen) atoms. The number of aryl methyl sites for hydroxylation is 2. The molecule has 3 aromatic heterocycles. The maximum Gasteiger partial charge on any atom is 0.231 e. The molecule has 3 N–H and O–H groups in total. The lowest BCUT2D eigenvalue weighted by Gasteiger charge is -2.32. The second-order valence-electron chi connectivity index (χ2n) is 7.84. The Labute approximate surface area is 173 Å². The molecule has 1 saturated heterocycles. The zero-order chi connectivity index (χ0) is 19.8. The number of nitrogens with two attached hydrogens (primary N) is 1. The smallest absolute Gasteiger partial charge is 0.231 e. The van der Waals surface area contributed by atoms with E-state index in [4.69, 9.17) is 15.7 Å². The topological polar surface area (TPSA) is 97.0 Å². The number of likely N-dealkylation sites (tertiary alicyclic amines) is 1. The third kappa shape index (κ3) is 3.70. The summed E-state index contributed by atoms with van der Waals surface area (Å²) in [6.07, 6.45) is 8.97. The number of aromatic nitrogens is 3. The van der Waals surface area contributed by atoms with Gasteiger partial charge in [-0.25, -0.2) is 9.97 Å². The molecule has 1 aliphatic heterocycles. The molecule has 3 aromatic rings. The lowest BCUT2D eigenvalue weighted by Crippen LogP contribution is -2.43. The molecule has 1 fully saturated rings. The summed E-state index contributed by atoms with van der Waals surface area (Å²) in [6.45, 7) is 2.08. The fourth-order valence-electron chi connectivity index (χ4n) is 4.37. The minimum absolute atomic E-state index is 0.260. The average Bonchev–Trinajstić information content (AvgIpc) is 3.30. The first-order valence-electron chi connectivity index (χ1n) is 10.2. The Morgan fingerprint density at radius 1 is 1.28 bits per heavy atom. The van der Waals surface area contributed by atoms with Crippen molar-refractivity contribution in [2.24, 2.45) is 5.73 Å². The van der Waals surface area contributed by atoms with Crippen LogP contribution < -0.4 is 11.1 Å². The van der Waals surface area contributed by atoms with Gasteiger partial charge in [-0.3, -0.25) is 14.7 Å². The van der Waals surface area contributed by atoms with E-state index < -0.39 is 0 Å². The predicted octanol–water partition coefficient (Wildman–Crippen LogP) is 2.60. The summed E-state index contributed by atoms with van der Waals surface area (Å²) < 4.78 is 0.